The van der Waals surface area contributed by atoms with Crippen molar-refractivity contribution in [2.75, 3.05) is 52.9 Å². The highest BCUT2D eigenvalue weighted by Crippen LogP contribution is 2.33. The zero-order valence-electron chi connectivity index (χ0n) is 20.5. The lowest BCUT2D eigenvalue weighted by atomic mass is 9.84. The predicted octanol–water partition coefficient (Wildman–Crippen LogP) is 4.05. The first-order chi connectivity index (χ1) is 15.4. The van der Waals surface area contributed by atoms with Crippen LogP contribution in [0.15, 0.2) is 47.5 Å². The highest BCUT2D eigenvalue weighted by atomic mass is 127. The van der Waals surface area contributed by atoms with E-state index in [4.69, 9.17) is 14.2 Å². The number of para-hydroxylation sites is 2. The van der Waals surface area contributed by atoms with Gasteiger partial charge in [-0.05, 0) is 36.2 Å². The average Bonchev–Trinajstić information content (AvgIpc) is 3.29. The van der Waals surface area contributed by atoms with Gasteiger partial charge in [0, 0.05) is 38.1 Å². The van der Waals surface area contributed by atoms with Gasteiger partial charge in [-0.25, -0.2) is 0 Å². The van der Waals surface area contributed by atoms with Gasteiger partial charge in [-0.15, -0.1) is 24.0 Å². The Morgan fingerprint density at radius 1 is 1.03 bits per heavy atom. The molecule has 0 aromatic heterocycles. The number of rotatable bonds is 8. The van der Waals surface area contributed by atoms with Crippen LogP contribution in [0.2, 0.25) is 0 Å². The quantitative estimate of drug-likeness (QED) is 0.285. The number of hydrogen-bond acceptors (Lipinski definition) is 5. The Morgan fingerprint density at radius 3 is 2.39 bits per heavy atom. The number of anilines is 1. The van der Waals surface area contributed by atoms with Crippen LogP contribution in [0.1, 0.15) is 25.8 Å². The van der Waals surface area contributed by atoms with E-state index in [0.29, 0.717) is 6.04 Å². The molecular formula is C25H37IN4O3. The van der Waals surface area contributed by atoms with Crippen molar-refractivity contribution in [2.45, 2.75) is 31.7 Å². The molecule has 0 saturated carbocycles. The third-order valence-corrected chi connectivity index (χ3v) is 6.04. The fraction of sp³-hybridized carbons (Fsp3) is 0.480. The molecule has 182 valence electrons. The Bertz CT molecular complexity index is 936. The van der Waals surface area contributed by atoms with E-state index in [1.54, 1.807) is 21.3 Å². The van der Waals surface area contributed by atoms with E-state index in [-0.39, 0.29) is 29.4 Å². The lowest BCUT2D eigenvalue weighted by molar-refractivity contribution is 0.353. The Balaban J connectivity index is 0.00000385. The number of ether oxygens (including phenoxy) is 3. The molecule has 0 aliphatic carbocycles. The van der Waals surface area contributed by atoms with Gasteiger partial charge in [0.15, 0.2) is 17.5 Å². The predicted molar refractivity (Wildman–Crippen MR) is 146 cm³/mol. The molecule has 2 N–H and O–H groups in total. The first kappa shape index (κ1) is 26.9. The molecule has 1 unspecified atom stereocenters. The smallest absolute Gasteiger partial charge is 0.191 e. The lowest BCUT2D eigenvalue weighted by Crippen LogP contribution is -2.47. The number of nitrogens with one attached hydrogen (secondary N) is 2. The van der Waals surface area contributed by atoms with Gasteiger partial charge in [-0.2, -0.15) is 0 Å². The summed E-state index contributed by atoms with van der Waals surface area (Å²) < 4.78 is 16.4. The van der Waals surface area contributed by atoms with E-state index in [1.165, 1.54) is 5.56 Å². The van der Waals surface area contributed by atoms with E-state index in [0.717, 1.165) is 55.0 Å². The minimum absolute atomic E-state index is 0. The van der Waals surface area contributed by atoms with Crippen LogP contribution in [0.5, 0.6) is 17.2 Å². The van der Waals surface area contributed by atoms with Crippen molar-refractivity contribution in [1.29, 1.82) is 0 Å². The van der Waals surface area contributed by atoms with Crippen LogP contribution < -0.4 is 29.7 Å². The van der Waals surface area contributed by atoms with E-state index >= 15 is 0 Å². The van der Waals surface area contributed by atoms with Crippen LogP contribution in [-0.4, -0.2) is 60.0 Å². The summed E-state index contributed by atoms with van der Waals surface area (Å²) in [4.78, 5) is 6.81. The number of benzene rings is 2. The van der Waals surface area contributed by atoms with Gasteiger partial charge in [0.2, 0.25) is 0 Å². The first-order valence-electron chi connectivity index (χ1n) is 11.0. The molecular weight excluding hydrogens is 531 g/mol. The summed E-state index contributed by atoms with van der Waals surface area (Å²) in [5.74, 6) is 3.19. The van der Waals surface area contributed by atoms with Crippen molar-refractivity contribution in [2.24, 2.45) is 4.99 Å². The van der Waals surface area contributed by atoms with E-state index in [2.05, 4.69) is 52.6 Å². The molecule has 1 heterocycles. The van der Waals surface area contributed by atoms with E-state index in [9.17, 15) is 0 Å². The summed E-state index contributed by atoms with van der Waals surface area (Å²) in [5.41, 5.74) is 2.18. The number of guanidine groups is 1. The summed E-state index contributed by atoms with van der Waals surface area (Å²) >= 11 is 0. The zero-order valence-corrected chi connectivity index (χ0v) is 22.8. The summed E-state index contributed by atoms with van der Waals surface area (Å²) in [7, 11) is 6.84. The Hall–Kier alpha value is -2.36. The summed E-state index contributed by atoms with van der Waals surface area (Å²) in [6, 6.07) is 14.6. The van der Waals surface area contributed by atoms with Gasteiger partial charge in [-0.3, -0.25) is 4.99 Å². The van der Waals surface area contributed by atoms with Crippen molar-refractivity contribution in [1.82, 2.24) is 10.6 Å². The minimum Gasteiger partial charge on any atom is -0.495 e. The van der Waals surface area contributed by atoms with Gasteiger partial charge < -0.3 is 29.7 Å². The van der Waals surface area contributed by atoms with Crippen LogP contribution in [0.3, 0.4) is 0 Å². The number of aliphatic imine (C=N–C) groups is 1. The van der Waals surface area contributed by atoms with Gasteiger partial charge in [0.05, 0.1) is 27.0 Å². The molecule has 33 heavy (non-hydrogen) atoms. The standard InChI is InChI=1S/C25H36N4O3.HI/c1-25(2,18-11-12-22(31-5)23(15-18)32-6)17-27-24(26-3)28-19-13-14-29(16-19)20-9-7-8-10-21(20)30-4;/h7-12,15,19H,13-14,16-17H2,1-6H3,(H2,26,27,28);1H. The molecule has 0 radical (unpaired) electrons. The first-order valence-corrected chi connectivity index (χ1v) is 11.0. The normalized spacial score (nSPS) is 16.1. The van der Waals surface area contributed by atoms with Crippen LogP contribution in [0, 0.1) is 0 Å². The average molecular weight is 569 g/mol. The van der Waals surface area contributed by atoms with Crippen molar-refractivity contribution in [3.8, 4) is 17.2 Å². The SMILES string of the molecule is CN=C(NCC(C)(C)c1ccc(OC)c(OC)c1)NC1CCN(c2ccccc2OC)C1.I. The maximum absolute atomic E-state index is 5.53. The van der Waals surface area contributed by atoms with E-state index in [1.807, 2.05) is 31.3 Å². The third-order valence-electron chi connectivity index (χ3n) is 6.04. The number of nitrogens with zero attached hydrogens (tertiary/aromatic N) is 2. The number of methoxy groups -OCH3 is 3. The minimum atomic E-state index is -0.129. The molecule has 1 atom stereocenters. The molecule has 1 aliphatic rings. The van der Waals surface area contributed by atoms with Gasteiger partial charge in [0.1, 0.15) is 5.75 Å². The molecule has 2 aromatic carbocycles. The Kier molecular flexibility index (Phi) is 9.94. The van der Waals surface area contributed by atoms with Crippen molar-refractivity contribution >= 4 is 35.6 Å². The fourth-order valence-electron chi connectivity index (χ4n) is 4.04. The maximum atomic E-state index is 5.53. The topological polar surface area (TPSA) is 67.4 Å². The monoisotopic (exact) mass is 568 g/mol. The lowest BCUT2D eigenvalue weighted by Gasteiger charge is -2.28. The second-order valence-corrected chi connectivity index (χ2v) is 8.63. The highest BCUT2D eigenvalue weighted by molar-refractivity contribution is 14.0. The van der Waals surface area contributed by atoms with Crippen LogP contribution in [0.25, 0.3) is 0 Å². The van der Waals surface area contributed by atoms with Crippen molar-refractivity contribution in [3.63, 3.8) is 0 Å². The molecule has 3 rings (SSSR count). The largest absolute Gasteiger partial charge is 0.495 e. The maximum Gasteiger partial charge on any atom is 0.191 e. The van der Waals surface area contributed by atoms with Crippen LogP contribution in [-0.2, 0) is 5.41 Å². The summed E-state index contributed by atoms with van der Waals surface area (Å²) in [6.07, 6.45) is 1.04. The van der Waals surface area contributed by atoms with Crippen LogP contribution >= 0.6 is 24.0 Å². The van der Waals surface area contributed by atoms with Gasteiger partial charge in [0.25, 0.3) is 0 Å². The Labute approximate surface area is 214 Å². The van der Waals surface area contributed by atoms with Crippen molar-refractivity contribution in [3.05, 3.63) is 48.0 Å². The molecule has 1 aliphatic heterocycles. The molecule has 1 saturated heterocycles. The second kappa shape index (κ2) is 12.2. The van der Waals surface area contributed by atoms with Gasteiger partial charge >= 0.3 is 0 Å². The van der Waals surface area contributed by atoms with Crippen LogP contribution in [0.4, 0.5) is 5.69 Å². The van der Waals surface area contributed by atoms with Crippen molar-refractivity contribution < 1.29 is 14.2 Å². The molecule has 0 spiro atoms. The zero-order chi connectivity index (χ0) is 23.1. The number of halogens is 1. The molecule has 7 nitrogen and oxygen atoms in total. The fourth-order valence-corrected chi connectivity index (χ4v) is 4.04. The summed E-state index contributed by atoms with van der Waals surface area (Å²) in [5, 5.41) is 7.08. The molecule has 0 amide bonds. The molecule has 8 heteroatoms. The van der Waals surface area contributed by atoms with Gasteiger partial charge in [-0.1, -0.05) is 32.0 Å². The molecule has 1 fully saturated rings. The third kappa shape index (κ3) is 6.59. The molecule has 0 bridgehead atoms. The number of hydrogen-bond donors (Lipinski definition) is 2. The molecule has 2 aromatic rings. The van der Waals surface area contributed by atoms with E-state index < -0.39 is 0 Å². The summed E-state index contributed by atoms with van der Waals surface area (Å²) in [6.45, 7) is 7.01. The highest BCUT2D eigenvalue weighted by Gasteiger charge is 2.27. The second-order valence-electron chi connectivity index (χ2n) is 8.63. The Morgan fingerprint density at radius 2 is 1.73 bits per heavy atom.